The second kappa shape index (κ2) is 8.06. The molecule has 1 N–H and O–H groups in total. The third-order valence-electron chi connectivity index (χ3n) is 5.04. The van der Waals surface area contributed by atoms with Gasteiger partial charge in [0.1, 0.15) is 11.6 Å². The molecule has 152 valence electrons. The highest BCUT2D eigenvalue weighted by Gasteiger charge is 2.29. The number of benzene rings is 2. The van der Waals surface area contributed by atoms with Crippen LogP contribution in [0.3, 0.4) is 0 Å². The first kappa shape index (κ1) is 19.8. The molecule has 1 saturated heterocycles. The van der Waals surface area contributed by atoms with Gasteiger partial charge in [-0.1, -0.05) is 12.1 Å². The van der Waals surface area contributed by atoms with E-state index < -0.39 is 10.0 Å². The third kappa shape index (κ3) is 4.10. The van der Waals surface area contributed by atoms with Crippen LogP contribution in [0.1, 0.15) is 13.3 Å². The Kier molecular flexibility index (Phi) is 5.49. The van der Waals surface area contributed by atoms with Crippen molar-refractivity contribution in [2.24, 2.45) is 0 Å². The number of nitrogens with zero attached hydrogens (tertiary/aromatic N) is 2. The summed E-state index contributed by atoms with van der Waals surface area (Å²) in [7, 11) is -3.73. The Morgan fingerprint density at radius 3 is 2.72 bits per heavy atom. The van der Waals surface area contributed by atoms with E-state index in [0.29, 0.717) is 41.9 Å². The minimum atomic E-state index is -3.73. The summed E-state index contributed by atoms with van der Waals surface area (Å²) in [5.74, 6) is 0.343. The predicted octanol–water partition coefficient (Wildman–Crippen LogP) is 3.54. The highest BCUT2D eigenvalue weighted by atomic mass is 32.2. The van der Waals surface area contributed by atoms with Crippen molar-refractivity contribution in [3.05, 3.63) is 60.7 Å². The number of fused-ring (bicyclic) bond motifs is 1. The molecule has 3 aromatic rings. The Morgan fingerprint density at radius 1 is 1.14 bits per heavy atom. The quantitative estimate of drug-likeness (QED) is 0.706. The number of hydrogen-bond donors (Lipinski definition) is 1. The predicted molar refractivity (Wildman–Crippen MR) is 109 cm³/mol. The molecule has 1 fully saturated rings. The van der Waals surface area contributed by atoms with Crippen LogP contribution >= 0.6 is 0 Å². The zero-order chi connectivity index (χ0) is 20.4. The molecule has 1 aromatic heterocycles. The summed E-state index contributed by atoms with van der Waals surface area (Å²) in [6.45, 7) is 3.51. The summed E-state index contributed by atoms with van der Waals surface area (Å²) in [4.78, 5) is 4.35. The van der Waals surface area contributed by atoms with Crippen LogP contribution < -0.4 is 10.1 Å². The number of ether oxygens (including phenoxy) is 1. The number of halogens is 1. The minimum Gasteiger partial charge on any atom is -0.455 e. The normalized spacial score (nSPS) is 18.5. The largest absolute Gasteiger partial charge is 0.455 e. The fourth-order valence-corrected chi connectivity index (χ4v) is 5.14. The van der Waals surface area contributed by atoms with Crippen LogP contribution in [0, 0.1) is 5.82 Å². The van der Waals surface area contributed by atoms with Gasteiger partial charge in [0.2, 0.25) is 10.0 Å². The molecular weight excluding hydrogens is 393 g/mol. The highest BCUT2D eigenvalue weighted by Crippen LogP contribution is 2.35. The molecular formula is C21H22FN3O3S. The van der Waals surface area contributed by atoms with E-state index in [-0.39, 0.29) is 16.8 Å². The molecule has 0 spiro atoms. The summed E-state index contributed by atoms with van der Waals surface area (Å²) in [5, 5.41) is 4.44. The van der Waals surface area contributed by atoms with Crippen molar-refractivity contribution in [3.8, 4) is 11.5 Å². The summed E-state index contributed by atoms with van der Waals surface area (Å²) in [6.07, 6.45) is 3.83. The molecule has 2 heterocycles. The zero-order valence-electron chi connectivity index (χ0n) is 16.0. The van der Waals surface area contributed by atoms with Crippen LogP contribution in [0.4, 0.5) is 4.39 Å². The maximum absolute atomic E-state index is 13.5. The fraction of sp³-hybridized carbons (Fsp3) is 0.286. The number of hydrogen-bond acceptors (Lipinski definition) is 5. The molecule has 0 bridgehead atoms. The van der Waals surface area contributed by atoms with Crippen molar-refractivity contribution in [2.75, 3.05) is 19.6 Å². The molecule has 1 aliphatic heterocycles. The Bertz CT molecular complexity index is 1110. The Hall–Kier alpha value is -2.55. The first-order chi connectivity index (χ1) is 13.9. The van der Waals surface area contributed by atoms with E-state index in [0.717, 1.165) is 6.42 Å². The second-order valence-corrected chi connectivity index (χ2v) is 9.00. The van der Waals surface area contributed by atoms with Gasteiger partial charge in [0, 0.05) is 42.6 Å². The van der Waals surface area contributed by atoms with Gasteiger partial charge in [-0.2, -0.15) is 4.31 Å². The molecule has 0 amide bonds. The van der Waals surface area contributed by atoms with Gasteiger partial charge in [0.05, 0.1) is 11.1 Å². The molecule has 1 aliphatic rings. The smallest absolute Gasteiger partial charge is 0.243 e. The molecule has 0 saturated carbocycles. The van der Waals surface area contributed by atoms with Crippen LogP contribution in [0.2, 0.25) is 0 Å². The zero-order valence-corrected chi connectivity index (χ0v) is 16.8. The summed E-state index contributed by atoms with van der Waals surface area (Å²) in [6, 6.07) is 10.9. The lowest BCUT2D eigenvalue weighted by Crippen LogP contribution is -2.34. The minimum absolute atomic E-state index is 0.184. The highest BCUT2D eigenvalue weighted by molar-refractivity contribution is 7.89. The first-order valence-electron chi connectivity index (χ1n) is 9.49. The molecule has 6 nitrogen and oxygen atoms in total. The molecule has 4 rings (SSSR count). The molecule has 1 unspecified atom stereocenters. The van der Waals surface area contributed by atoms with Gasteiger partial charge in [0.25, 0.3) is 0 Å². The van der Waals surface area contributed by atoms with Crippen molar-refractivity contribution in [1.82, 2.24) is 14.6 Å². The molecule has 0 radical (unpaired) electrons. The van der Waals surface area contributed by atoms with Gasteiger partial charge < -0.3 is 10.1 Å². The van der Waals surface area contributed by atoms with E-state index >= 15 is 0 Å². The first-order valence-corrected chi connectivity index (χ1v) is 10.9. The van der Waals surface area contributed by atoms with E-state index in [9.17, 15) is 12.8 Å². The topological polar surface area (TPSA) is 71.5 Å². The van der Waals surface area contributed by atoms with E-state index in [4.69, 9.17) is 4.74 Å². The molecule has 1 atom stereocenters. The summed E-state index contributed by atoms with van der Waals surface area (Å²) in [5.41, 5.74) is 0. The van der Waals surface area contributed by atoms with Crippen LogP contribution in [0.5, 0.6) is 11.5 Å². The van der Waals surface area contributed by atoms with Crippen molar-refractivity contribution < 1.29 is 17.5 Å². The Labute approximate surface area is 169 Å². The van der Waals surface area contributed by atoms with E-state index in [1.807, 2.05) is 6.92 Å². The lowest BCUT2D eigenvalue weighted by molar-refractivity contribution is 0.429. The summed E-state index contributed by atoms with van der Waals surface area (Å²) >= 11 is 0. The monoisotopic (exact) mass is 415 g/mol. The van der Waals surface area contributed by atoms with Gasteiger partial charge in [-0.05, 0) is 43.7 Å². The second-order valence-electron chi connectivity index (χ2n) is 7.10. The number of nitrogens with one attached hydrogen (secondary N) is 1. The average Bonchev–Trinajstić information content (AvgIpc) is 2.94. The summed E-state index contributed by atoms with van der Waals surface area (Å²) < 4.78 is 47.6. The van der Waals surface area contributed by atoms with Gasteiger partial charge >= 0.3 is 0 Å². The molecule has 8 heteroatoms. The van der Waals surface area contributed by atoms with Crippen molar-refractivity contribution in [3.63, 3.8) is 0 Å². The van der Waals surface area contributed by atoms with Crippen LogP contribution in [0.25, 0.3) is 10.8 Å². The third-order valence-corrected chi connectivity index (χ3v) is 6.98. The van der Waals surface area contributed by atoms with Gasteiger partial charge in [-0.25, -0.2) is 12.8 Å². The van der Waals surface area contributed by atoms with Gasteiger partial charge in [-0.3, -0.25) is 4.98 Å². The average molecular weight is 415 g/mol. The van der Waals surface area contributed by atoms with Crippen LogP contribution in [-0.4, -0.2) is 43.4 Å². The number of sulfonamides is 1. The fourth-order valence-electron chi connectivity index (χ4n) is 3.46. The standard InChI is InChI=1S/C21H22FN3O3S/c1-15-9-11-25(12-10-24-15)29(26,27)20-4-2-3-16-13-23-14-19(21(16)20)28-18-7-5-17(22)6-8-18/h2-8,13-15,24H,9-12H2,1H3. The van der Waals surface area contributed by atoms with Gasteiger partial charge in [0.15, 0.2) is 5.75 Å². The number of aromatic nitrogens is 1. The van der Waals surface area contributed by atoms with Crippen molar-refractivity contribution in [2.45, 2.75) is 24.3 Å². The van der Waals surface area contributed by atoms with Crippen molar-refractivity contribution in [1.29, 1.82) is 0 Å². The number of pyridine rings is 1. The van der Waals surface area contributed by atoms with Crippen molar-refractivity contribution >= 4 is 20.8 Å². The maximum Gasteiger partial charge on any atom is 0.243 e. The lowest BCUT2D eigenvalue weighted by Gasteiger charge is -2.21. The van der Waals surface area contributed by atoms with Gasteiger partial charge in [-0.15, -0.1) is 0 Å². The Balaban J connectivity index is 1.79. The number of rotatable bonds is 4. The van der Waals surface area contributed by atoms with E-state index in [2.05, 4.69) is 10.3 Å². The maximum atomic E-state index is 13.5. The van der Waals surface area contributed by atoms with Crippen LogP contribution in [-0.2, 0) is 10.0 Å². The van der Waals surface area contributed by atoms with E-state index in [1.54, 1.807) is 24.4 Å². The Morgan fingerprint density at radius 2 is 1.93 bits per heavy atom. The van der Waals surface area contributed by atoms with Crippen LogP contribution in [0.15, 0.2) is 59.8 Å². The molecule has 29 heavy (non-hydrogen) atoms. The lowest BCUT2D eigenvalue weighted by atomic mass is 10.1. The SMILES string of the molecule is CC1CCN(S(=O)(=O)c2cccc3cncc(Oc4ccc(F)cc4)c23)CCN1. The molecule has 2 aromatic carbocycles. The molecule has 0 aliphatic carbocycles. The van der Waals surface area contributed by atoms with E-state index in [1.165, 1.54) is 34.8 Å².